The molecule has 1 aromatic carbocycles. The standard InChI is InChI=1S/C23H34N4O6S2/c1-14(2)11-17(25-22(31)18-13-34-23(26-18)27(4)35(5,32)33)20(29)19(28)15(3)21(30)24-12-16-9-7-6-8-10-16/h6-10,13-15,17,19-20,28-29H,11-12H2,1-5H3,(H,24,30)(H,25,31). The molecule has 2 rings (SSSR count). The zero-order valence-corrected chi connectivity index (χ0v) is 22.1. The van der Waals surface area contributed by atoms with Gasteiger partial charge < -0.3 is 20.8 Å². The molecule has 1 aromatic heterocycles. The van der Waals surface area contributed by atoms with E-state index in [1.807, 2.05) is 44.2 Å². The Morgan fingerprint density at radius 3 is 2.31 bits per heavy atom. The van der Waals surface area contributed by atoms with Crippen molar-refractivity contribution >= 4 is 38.3 Å². The summed E-state index contributed by atoms with van der Waals surface area (Å²) in [5, 5.41) is 28.6. The molecule has 0 aliphatic rings. The van der Waals surface area contributed by atoms with Crippen LogP contribution < -0.4 is 14.9 Å². The number of nitrogens with zero attached hydrogens (tertiary/aromatic N) is 2. The first-order valence-electron chi connectivity index (χ1n) is 11.2. The average Bonchev–Trinajstić information content (AvgIpc) is 3.30. The summed E-state index contributed by atoms with van der Waals surface area (Å²) in [6.07, 6.45) is -1.49. The Morgan fingerprint density at radius 2 is 1.74 bits per heavy atom. The van der Waals surface area contributed by atoms with Gasteiger partial charge in [0.15, 0.2) is 5.13 Å². The maximum Gasteiger partial charge on any atom is 0.271 e. The Morgan fingerprint density at radius 1 is 1.11 bits per heavy atom. The minimum atomic E-state index is -3.53. The van der Waals surface area contributed by atoms with Crippen LogP contribution in [0, 0.1) is 11.8 Å². The lowest BCUT2D eigenvalue weighted by molar-refractivity contribution is -0.132. The number of carbonyl (C=O) groups excluding carboxylic acids is 2. The molecule has 4 N–H and O–H groups in total. The van der Waals surface area contributed by atoms with Crippen LogP contribution in [-0.2, 0) is 21.4 Å². The van der Waals surface area contributed by atoms with E-state index < -0.39 is 46.0 Å². The lowest BCUT2D eigenvalue weighted by atomic mass is 9.90. The van der Waals surface area contributed by atoms with Gasteiger partial charge in [-0.2, -0.15) is 0 Å². The molecule has 0 aliphatic heterocycles. The summed E-state index contributed by atoms with van der Waals surface area (Å²) in [4.78, 5) is 29.4. The van der Waals surface area contributed by atoms with Gasteiger partial charge in [-0.05, 0) is 17.9 Å². The molecule has 194 valence electrons. The van der Waals surface area contributed by atoms with Crippen LogP contribution in [0.3, 0.4) is 0 Å². The van der Waals surface area contributed by atoms with Gasteiger partial charge in [0.05, 0.1) is 24.3 Å². The predicted octanol–water partition coefficient (Wildman–Crippen LogP) is 1.36. The number of anilines is 1. The van der Waals surface area contributed by atoms with E-state index in [1.54, 1.807) is 0 Å². The molecule has 1 heterocycles. The minimum Gasteiger partial charge on any atom is -0.390 e. The lowest BCUT2D eigenvalue weighted by Gasteiger charge is -2.31. The summed E-state index contributed by atoms with van der Waals surface area (Å²) < 4.78 is 24.4. The second-order valence-corrected chi connectivity index (χ2v) is 11.8. The summed E-state index contributed by atoms with van der Waals surface area (Å²) in [6.45, 7) is 5.59. The fraction of sp³-hybridized carbons (Fsp3) is 0.522. The maximum absolute atomic E-state index is 12.8. The van der Waals surface area contributed by atoms with Crippen molar-refractivity contribution in [2.45, 2.75) is 52.0 Å². The third kappa shape index (κ3) is 8.27. The first-order chi connectivity index (χ1) is 16.3. The number of amides is 2. The third-order valence-electron chi connectivity index (χ3n) is 5.53. The first kappa shape index (κ1) is 28.7. The lowest BCUT2D eigenvalue weighted by Crippen LogP contribution is -2.53. The molecule has 0 bridgehead atoms. The highest BCUT2D eigenvalue weighted by atomic mass is 32.2. The molecule has 0 radical (unpaired) electrons. The van der Waals surface area contributed by atoms with Gasteiger partial charge in [-0.15, -0.1) is 11.3 Å². The quantitative estimate of drug-likeness (QED) is 0.326. The highest BCUT2D eigenvalue weighted by Crippen LogP contribution is 2.22. The van der Waals surface area contributed by atoms with Gasteiger partial charge in [-0.25, -0.2) is 17.7 Å². The summed E-state index contributed by atoms with van der Waals surface area (Å²) >= 11 is 0.991. The summed E-state index contributed by atoms with van der Waals surface area (Å²) in [5.74, 6) is -1.92. The smallest absolute Gasteiger partial charge is 0.271 e. The summed E-state index contributed by atoms with van der Waals surface area (Å²) in [6, 6.07) is 8.44. The van der Waals surface area contributed by atoms with Gasteiger partial charge in [-0.3, -0.25) is 9.59 Å². The van der Waals surface area contributed by atoms with E-state index in [-0.39, 0.29) is 23.3 Å². The van der Waals surface area contributed by atoms with Crippen molar-refractivity contribution in [3.05, 3.63) is 47.0 Å². The van der Waals surface area contributed by atoms with Crippen LogP contribution in [0.15, 0.2) is 35.7 Å². The van der Waals surface area contributed by atoms with Crippen LogP contribution in [-0.4, -0.2) is 67.0 Å². The average molecular weight is 527 g/mol. The topological polar surface area (TPSA) is 149 Å². The normalized spacial score (nSPS) is 15.2. The zero-order chi connectivity index (χ0) is 26.3. The van der Waals surface area contributed by atoms with E-state index in [9.17, 15) is 28.2 Å². The van der Waals surface area contributed by atoms with Crippen molar-refractivity contribution in [2.75, 3.05) is 17.6 Å². The number of benzene rings is 1. The number of nitrogens with one attached hydrogen (secondary N) is 2. The fourth-order valence-electron chi connectivity index (χ4n) is 3.32. The van der Waals surface area contributed by atoms with Crippen LogP contribution in [0.25, 0.3) is 0 Å². The molecule has 0 saturated heterocycles. The SMILES string of the molecule is CC(C)CC(NC(=O)c1csc(N(C)S(C)(=O)=O)n1)C(O)C(O)C(C)C(=O)NCc1ccccc1. The van der Waals surface area contributed by atoms with Gasteiger partial charge in [0.1, 0.15) is 11.8 Å². The van der Waals surface area contributed by atoms with Crippen molar-refractivity contribution in [3.63, 3.8) is 0 Å². The molecule has 0 fully saturated rings. The van der Waals surface area contributed by atoms with E-state index in [2.05, 4.69) is 15.6 Å². The van der Waals surface area contributed by atoms with Crippen LogP contribution in [0.2, 0.25) is 0 Å². The molecule has 4 atom stereocenters. The van der Waals surface area contributed by atoms with E-state index in [0.717, 1.165) is 27.5 Å². The number of hydrogen-bond acceptors (Lipinski definition) is 8. The van der Waals surface area contributed by atoms with E-state index in [4.69, 9.17) is 0 Å². The number of hydrogen-bond donors (Lipinski definition) is 4. The van der Waals surface area contributed by atoms with Crippen molar-refractivity contribution < 1.29 is 28.2 Å². The Bertz CT molecular complexity index is 1090. The Labute approximate surface area is 210 Å². The van der Waals surface area contributed by atoms with E-state index >= 15 is 0 Å². The summed E-state index contributed by atoms with van der Waals surface area (Å²) in [5.41, 5.74) is 0.891. The van der Waals surface area contributed by atoms with Crippen LogP contribution in [0.4, 0.5) is 5.13 Å². The van der Waals surface area contributed by atoms with Crippen molar-refractivity contribution in [1.82, 2.24) is 15.6 Å². The Kier molecular flexibility index (Phi) is 10.2. The molecule has 10 nitrogen and oxygen atoms in total. The molecule has 12 heteroatoms. The molecule has 2 amide bonds. The molecular weight excluding hydrogens is 492 g/mol. The molecule has 0 aliphatic carbocycles. The number of sulfonamides is 1. The summed E-state index contributed by atoms with van der Waals surface area (Å²) in [7, 11) is -2.20. The highest BCUT2D eigenvalue weighted by Gasteiger charge is 2.35. The maximum atomic E-state index is 12.8. The van der Waals surface area contributed by atoms with Crippen LogP contribution in [0.5, 0.6) is 0 Å². The predicted molar refractivity (Wildman–Crippen MR) is 136 cm³/mol. The monoisotopic (exact) mass is 526 g/mol. The van der Waals surface area contributed by atoms with E-state index in [1.165, 1.54) is 19.4 Å². The van der Waals surface area contributed by atoms with Crippen molar-refractivity contribution in [3.8, 4) is 0 Å². The molecule has 4 unspecified atom stereocenters. The second kappa shape index (κ2) is 12.4. The first-order valence-corrected chi connectivity index (χ1v) is 13.9. The number of thiazole rings is 1. The van der Waals surface area contributed by atoms with Gasteiger partial charge in [0.25, 0.3) is 5.91 Å². The number of rotatable bonds is 12. The highest BCUT2D eigenvalue weighted by molar-refractivity contribution is 7.92. The Balaban J connectivity index is 2.07. The number of carbonyl (C=O) groups is 2. The largest absolute Gasteiger partial charge is 0.390 e. The van der Waals surface area contributed by atoms with Gasteiger partial charge in [0.2, 0.25) is 15.9 Å². The van der Waals surface area contributed by atoms with Crippen LogP contribution in [0.1, 0.15) is 43.2 Å². The molecule has 2 aromatic rings. The minimum absolute atomic E-state index is 0.00963. The van der Waals surface area contributed by atoms with Crippen molar-refractivity contribution in [2.24, 2.45) is 11.8 Å². The molecule has 0 saturated carbocycles. The molecule has 0 spiro atoms. The number of aliphatic hydroxyl groups excluding tert-OH is 2. The zero-order valence-electron chi connectivity index (χ0n) is 20.5. The molecular formula is C23H34N4O6S2. The van der Waals surface area contributed by atoms with E-state index in [0.29, 0.717) is 6.42 Å². The van der Waals surface area contributed by atoms with Gasteiger partial charge in [-0.1, -0.05) is 51.1 Å². The third-order valence-corrected chi connectivity index (χ3v) is 7.73. The number of aromatic nitrogens is 1. The fourth-order valence-corrected chi connectivity index (χ4v) is 4.86. The molecule has 35 heavy (non-hydrogen) atoms. The number of aliphatic hydroxyl groups is 2. The second-order valence-electron chi connectivity index (χ2n) is 8.93. The van der Waals surface area contributed by atoms with Crippen LogP contribution >= 0.6 is 11.3 Å². The van der Waals surface area contributed by atoms with Crippen molar-refractivity contribution in [1.29, 1.82) is 0 Å². The van der Waals surface area contributed by atoms with Gasteiger partial charge in [0, 0.05) is 19.0 Å². The van der Waals surface area contributed by atoms with Gasteiger partial charge >= 0.3 is 0 Å². The Hall–Kier alpha value is -2.54.